The van der Waals surface area contributed by atoms with E-state index in [2.05, 4.69) is 10.6 Å². The molecule has 2 aromatic carbocycles. The number of amides is 2. The van der Waals surface area contributed by atoms with E-state index in [4.69, 9.17) is 9.47 Å². The van der Waals surface area contributed by atoms with Crippen LogP contribution >= 0.6 is 0 Å². The fourth-order valence-corrected chi connectivity index (χ4v) is 4.79. The Morgan fingerprint density at radius 2 is 1.43 bits per heavy atom. The summed E-state index contributed by atoms with van der Waals surface area (Å²) in [6, 6.07) is 10.2. The minimum absolute atomic E-state index is 0.0122. The topological polar surface area (TPSA) is 76.7 Å². The highest BCUT2D eigenvalue weighted by molar-refractivity contribution is 5.89. The minimum Gasteiger partial charge on any atom is -0.444 e. The summed E-state index contributed by atoms with van der Waals surface area (Å²) in [5.41, 5.74) is -4.90. The average Bonchev–Trinajstić information content (AvgIpc) is 2.82. The molecule has 0 spiro atoms. The molecule has 1 fully saturated rings. The Balaban J connectivity index is 1.74. The van der Waals surface area contributed by atoms with Crippen molar-refractivity contribution < 1.29 is 45.4 Å². The third kappa shape index (κ3) is 8.39. The Labute approximate surface area is 241 Å². The van der Waals surface area contributed by atoms with Gasteiger partial charge in [-0.2, -0.15) is 26.3 Å². The molecule has 2 amide bonds. The van der Waals surface area contributed by atoms with Gasteiger partial charge < -0.3 is 20.1 Å². The molecular weight excluding hydrogens is 566 g/mol. The highest BCUT2D eigenvalue weighted by Crippen LogP contribution is 2.45. The highest BCUT2D eigenvalue weighted by Gasteiger charge is 2.48. The number of carbonyl (C=O) groups excluding carboxylic acids is 2. The van der Waals surface area contributed by atoms with Gasteiger partial charge in [0.25, 0.3) is 0 Å². The van der Waals surface area contributed by atoms with Crippen LogP contribution in [0.5, 0.6) is 0 Å². The molecule has 2 N–H and O–H groups in total. The fourth-order valence-electron chi connectivity index (χ4n) is 4.79. The molecule has 0 heterocycles. The summed E-state index contributed by atoms with van der Waals surface area (Å²) in [6.07, 6.45) is -11.0. The van der Waals surface area contributed by atoms with Gasteiger partial charge in [0.2, 0.25) is 5.91 Å². The molecule has 42 heavy (non-hydrogen) atoms. The van der Waals surface area contributed by atoms with Crippen molar-refractivity contribution in [3.63, 3.8) is 0 Å². The Kier molecular flexibility index (Phi) is 9.32. The molecule has 3 rings (SSSR count). The van der Waals surface area contributed by atoms with Crippen molar-refractivity contribution in [3.05, 3.63) is 70.8 Å². The Hall–Kier alpha value is -3.28. The largest absolute Gasteiger partial charge is 0.444 e. The SMILES string of the molecule is C[C@@H](OCC1(c2ccccc2)CC(NC(=O)C(C)(C)NC(=O)OC(C)(C)C)C1)c1cc(C(F)(F)F)cc(C(F)(F)F)c1. The first kappa shape index (κ1) is 33.2. The first-order valence-corrected chi connectivity index (χ1v) is 13.4. The molecule has 1 aliphatic rings. The Bertz CT molecular complexity index is 1230. The van der Waals surface area contributed by atoms with E-state index in [0.29, 0.717) is 25.0 Å². The van der Waals surface area contributed by atoms with Gasteiger partial charge in [-0.05, 0) is 83.7 Å². The smallest absolute Gasteiger partial charge is 0.416 e. The van der Waals surface area contributed by atoms with Crippen LogP contribution in [0.3, 0.4) is 0 Å². The number of alkyl carbamates (subject to hydrolysis) is 1. The zero-order valence-corrected chi connectivity index (χ0v) is 24.3. The van der Waals surface area contributed by atoms with E-state index in [0.717, 1.165) is 5.56 Å². The summed E-state index contributed by atoms with van der Waals surface area (Å²) in [5, 5.41) is 5.45. The van der Waals surface area contributed by atoms with Gasteiger partial charge in [-0.1, -0.05) is 30.3 Å². The van der Waals surface area contributed by atoms with Gasteiger partial charge in [-0.15, -0.1) is 0 Å². The summed E-state index contributed by atoms with van der Waals surface area (Å²) in [4.78, 5) is 25.2. The van der Waals surface area contributed by atoms with Gasteiger partial charge in [-0.3, -0.25) is 4.79 Å². The van der Waals surface area contributed by atoms with Gasteiger partial charge in [0.05, 0.1) is 23.8 Å². The molecule has 0 unspecified atom stereocenters. The molecule has 1 atom stereocenters. The van der Waals surface area contributed by atoms with Gasteiger partial charge in [0, 0.05) is 11.5 Å². The zero-order valence-electron chi connectivity index (χ0n) is 24.3. The third-order valence-corrected chi connectivity index (χ3v) is 7.07. The second-order valence-electron chi connectivity index (χ2n) is 12.3. The first-order valence-electron chi connectivity index (χ1n) is 13.4. The van der Waals surface area contributed by atoms with Crippen molar-refractivity contribution >= 4 is 12.0 Å². The van der Waals surface area contributed by atoms with E-state index >= 15 is 0 Å². The summed E-state index contributed by atoms with van der Waals surface area (Å²) in [7, 11) is 0. The highest BCUT2D eigenvalue weighted by atomic mass is 19.4. The van der Waals surface area contributed by atoms with Crippen molar-refractivity contribution in [2.45, 2.75) is 95.4 Å². The van der Waals surface area contributed by atoms with Crippen LogP contribution in [0.25, 0.3) is 0 Å². The van der Waals surface area contributed by atoms with Crippen LogP contribution in [-0.4, -0.2) is 35.8 Å². The second-order valence-corrected chi connectivity index (χ2v) is 12.3. The quantitative estimate of drug-likeness (QED) is 0.311. The molecule has 0 aliphatic heterocycles. The number of alkyl halides is 6. The molecule has 2 aromatic rings. The van der Waals surface area contributed by atoms with Gasteiger partial charge in [0.15, 0.2) is 0 Å². The molecule has 0 bridgehead atoms. The third-order valence-electron chi connectivity index (χ3n) is 7.07. The molecule has 0 saturated heterocycles. The summed E-state index contributed by atoms with van der Waals surface area (Å²) < 4.78 is 91.3. The van der Waals surface area contributed by atoms with E-state index in [1.54, 1.807) is 20.8 Å². The van der Waals surface area contributed by atoms with E-state index in [9.17, 15) is 35.9 Å². The molecule has 232 valence electrons. The van der Waals surface area contributed by atoms with Crippen molar-refractivity contribution in [2.75, 3.05) is 6.61 Å². The average molecular weight is 603 g/mol. The molecule has 0 radical (unpaired) electrons. The number of nitrogens with one attached hydrogen (secondary N) is 2. The number of hydrogen-bond donors (Lipinski definition) is 2. The van der Waals surface area contributed by atoms with Gasteiger partial charge in [0.1, 0.15) is 11.1 Å². The van der Waals surface area contributed by atoms with Crippen LogP contribution in [0.1, 0.15) is 82.7 Å². The standard InChI is InChI=1S/C30H36F6N2O4/c1-18(19-12-21(29(31,32)33)14-22(13-19)30(34,35)36)41-17-28(20-10-8-7-9-11-20)15-23(16-28)37-24(39)27(5,6)38-25(40)42-26(2,3)4/h7-14,18,23H,15-17H2,1-6H3,(H,37,39)(H,38,40)/t18-,23?,28?/m1/s1. The van der Waals surface area contributed by atoms with Crippen LogP contribution in [0.2, 0.25) is 0 Å². The van der Waals surface area contributed by atoms with Gasteiger partial charge in [-0.25, -0.2) is 4.79 Å². The lowest BCUT2D eigenvalue weighted by Crippen LogP contribution is -2.62. The van der Waals surface area contributed by atoms with E-state index in [1.165, 1.54) is 20.8 Å². The van der Waals surface area contributed by atoms with Crippen molar-refractivity contribution in [1.29, 1.82) is 0 Å². The second kappa shape index (κ2) is 11.8. The summed E-state index contributed by atoms with van der Waals surface area (Å²) >= 11 is 0. The summed E-state index contributed by atoms with van der Waals surface area (Å²) in [5.74, 6) is -0.446. The van der Waals surface area contributed by atoms with Crippen LogP contribution < -0.4 is 10.6 Å². The lowest BCUT2D eigenvalue weighted by Gasteiger charge is -2.49. The molecule has 1 aliphatic carbocycles. The number of rotatable bonds is 8. The predicted molar refractivity (Wildman–Crippen MR) is 144 cm³/mol. The zero-order chi connectivity index (χ0) is 31.7. The van der Waals surface area contributed by atoms with Crippen molar-refractivity contribution in [2.24, 2.45) is 0 Å². The molecule has 1 saturated carbocycles. The number of halogens is 6. The maximum Gasteiger partial charge on any atom is 0.416 e. The lowest BCUT2D eigenvalue weighted by molar-refractivity contribution is -0.143. The first-order chi connectivity index (χ1) is 19.1. The molecular formula is C30H36F6N2O4. The Morgan fingerprint density at radius 1 is 0.905 bits per heavy atom. The maximum atomic E-state index is 13.4. The molecule has 0 aromatic heterocycles. The number of hydrogen-bond acceptors (Lipinski definition) is 4. The van der Waals surface area contributed by atoms with Crippen LogP contribution in [-0.2, 0) is 32.0 Å². The van der Waals surface area contributed by atoms with E-state index < -0.39 is 58.1 Å². The van der Waals surface area contributed by atoms with Crippen LogP contribution in [0.4, 0.5) is 31.1 Å². The van der Waals surface area contributed by atoms with Crippen LogP contribution in [0.15, 0.2) is 48.5 Å². The van der Waals surface area contributed by atoms with E-state index in [1.807, 2.05) is 30.3 Å². The summed E-state index contributed by atoms with van der Waals surface area (Å²) in [6.45, 7) is 9.54. The lowest BCUT2D eigenvalue weighted by atomic mass is 9.62. The normalized spacial score (nSPS) is 20.3. The van der Waals surface area contributed by atoms with Crippen LogP contribution in [0, 0.1) is 0 Å². The number of carbonyl (C=O) groups is 2. The maximum absolute atomic E-state index is 13.4. The Morgan fingerprint density at radius 3 is 1.90 bits per heavy atom. The van der Waals surface area contributed by atoms with Crippen molar-refractivity contribution in [1.82, 2.24) is 10.6 Å². The van der Waals surface area contributed by atoms with Crippen molar-refractivity contribution in [3.8, 4) is 0 Å². The van der Waals surface area contributed by atoms with Gasteiger partial charge >= 0.3 is 18.4 Å². The predicted octanol–water partition coefficient (Wildman–Crippen LogP) is 7.32. The molecule has 12 heteroatoms. The fraction of sp³-hybridized carbons (Fsp3) is 0.533. The monoisotopic (exact) mass is 602 g/mol. The van der Waals surface area contributed by atoms with E-state index in [-0.39, 0.29) is 24.3 Å². The number of benzene rings is 2. The molecule has 6 nitrogen and oxygen atoms in total. The number of ether oxygens (including phenoxy) is 2. The minimum atomic E-state index is -4.97.